The molecule has 0 amide bonds. The first-order valence-corrected chi connectivity index (χ1v) is 5.50. The van der Waals surface area contributed by atoms with Crippen molar-refractivity contribution >= 4 is 5.95 Å². The molecular formula is C11H18N4. The Morgan fingerprint density at radius 3 is 2.80 bits per heavy atom. The summed E-state index contributed by atoms with van der Waals surface area (Å²) in [4.78, 5) is 11.0. The zero-order valence-electron chi connectivity index (χ0n) is 9.40. The van der Waals surface area contributed by atoms with Gasteiger partial charge in [-0.1, -0.05) is 0 Å². The smallest absolute Gasteiger partial charge is 0.225 e. The molecule has 0 spiro atoms. The lowest BCUT2D eigenvalue weighted by molar-refractivity contribution is 0.439. The molecule has 1 aromatic heterocycles. The third kappa shape index (κ3) is 2.45. The second-order valence-electron chi connectivity index (χ2n) is 4.09. The summed E-state index contributed by atoms with van der Waals surface area (Å²) >= 11 is 0. The molecule has 0 unspecified atom stereocenters. The monoisotopic (exact) mass is 206 g/mol. The summed E-state index contributed by atoms with van der Waals surface area (Å²) in [5.74, 6) is 0.849. The molecule has 1 saturated heterocycles. The van der Waals surface area contributed by atoms with Crippen LogP contribution in [0.25, 0.3) is 0 Å². The third-order valence-electron chi connectivity index (χ3n) is 2.95. The summed E-state index contributed by atoms with van der Waals surface area (Å²) in [5, 5.41) is 3.36. The number of aryl methyl sites for hydroxylation is 1. The van der Waals surface area contributed by atoms with E-state index in [9.17, 15) is 0 Å². The van der Waals surface area contributed by atoms with Crippen molar-refractivity contribution in [3.05, 3.63) is 18.0 Å². The fourth-order valence-electron chi connectivity index (χ4n) is 1.96. The molecule has 4 heteroatoms. The highest BCUT2D eigenvalue weighted by Gasteiger charge is 2.19. The molecule has 15 heavy (non-hydrogen) atoms. The fourth-order valence-corrected chi connectivity index (χ4v) is 1.96. The van der Waals surface area contributed by atoms with Crippen molar-refractivity contribution in [2.45, 2.75) is 25.8 Å². The molecule has 0 aromatic carbocycles. The van der Waals surface area contributed by atoms with Gasteiger partial charge in [-0.2, -0.15) is 0 Å². The highest BCUT2D eigenvalue weighted by Crippen LogP contribution is 2.15. The molecule has 0 saturated carbocycles. The average Bonchev–Trinajstić information content (AvgIpc) is 2.29. The van der Waals surface area contributed by atoms with Gasteiger partial charge >= 0.3 is 0 Å². The van der Waals surface area contributed by atoms with Gasteiger partial charge in [0.05, 0.1) is 0 Å². The van der Waals surface area contributed by atoms with Crippen molar-refractivity contribution in [1.82, 2.24) is 15.3 Å². The maximum absolute atomic E-state index is 4.44. The Hall–Kier alpha value is -1.16. The van der Waals surface area contributed by atoms with Crippen LogP contribution >= 0.6 is 0 Å². The number of nitrogens with one attached hydrogen (secondary N) is 1. The molecule has 1 aromatic rings. The second-order valence-corrected chi connectivity index (χ2v) is 4.09. The zero-order chi connectivity index (χ0) is 10.7. The van der Waals surface area contributed by atoms with Crippen LogP contribution < -0.4 is 10.2 Å². The largest absolute Gasteiger partial charge is 0.341 e. The van der Waals surface area contributed by atoms with E-state index in [0.717, 1.165) is 24.7 Å². The van der Waals surface area contributed by atoms with Crippen molar-refractivity contribution in [1.29, 1.82) is 0 Å². The molecule has 0 radical (unpaired) electrons. The van der Waals surface area contributed by atoms with Crippen LogP contribution in [0.1, 0.15) is 18.5 Å². The predicted octanol–water partition coefficient (Wildman–Crippen LogP) is 0.973. The van der Waals surface area contributed by atoms with Crippen LogP contribution in [-0.4, -0.2) is 36.1 Å². The lowest BCUT2D eigenvalue weighted by atomic mass is 10.1. The molecule has 2 rings (SSSR count). The number of hydrogen-bond donors (Lipinski definition) is 1. The van der Waals surface area contributed by atoms with E-state index in [-0.39, 0.29) is 0 Å². The Kier molecular flexibility index (Phi) is 3.16. The van der Waals surface area contributed by atoms with E-state index in [4.69, 9.17) is 0 Å². The highest BCUT2D eigenvalue weighted by molar-refractivity contribution is 5.30. The maximum Gasteiger partial charge on any atom is 0.225 e. The van der Waals surface area contributed by atoms with Crippen molar-refractivity contribution in [3.63, 3.8) is 0 Å². The van der Waals surface area contributed by atoms with Crippen molar-refractivity contribution in [2.24, 2.45) is 0 Å². The van der Waals surface area contributed by atoms with E-state index in [2.05, 4.69) is 27.2 Å². The maximum atomic E-state index is 4.44. The first-order chi connectivity index (χ1) is 7.27. The minimum atomic E-state index is 0.577. The van der Waals surface area contributed by atoms with Crippen molar-refractivity contribution < 1.29 is 0 Å². The molecule has 4 nitrogen and oxygen atoms in total. The molecule has 1 fully saturated rings. The van der Waals surface area contributed by atoms with Gasteiger partial charge in [0.25, 0.3) is 0 Å². The van der Waals surface area contributed by atoms with Crippen LogP contribution in [-0.2, 0) is 0 Å². The van der Waals surface area contributed by atoms with E-state index in [1.165, 1.54) is 12.8 Å². The Morgan fingerprint density at radius 2 is 2.13 bits per heavy atom. The van der Waals surface area contributed by atoms with E-state index in [0.29, 0.717) is 6.04 Å². The molecule has 2 heterocycles. The molecule has 1 N–H and O–H groups in total. The van der Waals surface area contributed by atoms with Gasteiger partial charge in [-0.25, -0.2) is 9.97 Å². The van der Waals surface area contributed by atoms with Gasteiger partial charge in [-0.15, -0.1) is 0 Å². The van der Waals surface area contributed by atoms with Gasteiger partial charge in [-0.3, -0.25) is 0 Å². The summed E-state index contributed by atoms with van der Waals surface area (Å²) < 4.78 is 0. The van der Waals surface area contributed by atoms with Crippen molar-refractivity contribution in [3.8, 4) is 0 Å². The van der Waals surface area contributed by atoms with Crippen LogP contribution in [0.2, 0.25) is 0 Å². The number of rotatable bonds is 2. The van der Waals surface area contributed by atoms with Crippen LogP contribution in [0.4, 0.5) is 5.95 Å². The lowest BCUT2D eigenvalue weighted by Gasteiger charge is -2.31. The predicted molar refractivity (Wildman–Crippen MR) is 61.1 cm³/mol. The summed E-state index contributed by atoms with van der Waals surface area (Å²) in [5.41, 5.74) is 1.03. The number of anilines is 1. The van der Waals surface area contributed by atoms with Gasteiger partial charge in [0.15, 0.2) is 0 Å². The van der Waals surface area contributed by atoms with Gasteiger partial charge in [0, 0.05) is 25.0 Å². The number of nitrogens with zero attached hydrogens (tertiary/aromatic N) is 3. The Bertz CT molecular complexity index is 320. The molecule has 82 valence electrons. The summed E-state index contributed by atoms with van der Waals surface area (Å²) in [6.45, 7) is 4.20. The second kappa shape index (κ2) is 4.57. The first kappa shape index (κ1) is 10.4. The minimum Gasteiger partial charge on any atom is -0.341 e. The van der Waals surface area contributed by atoms with Crippen LogP contribution in [0.3, 0.4) is 0 Å². The van der Waals surface area contributed by atoms with Crippen LogP contribution in [0.5, 0.6) is 0 Å². The van der Waals surface area contributed by atoms with Gasteiger partial charge in [-0.05, 0) is 38.9 Å². The summed E-state index contributed by atoms with van der Waals surface area (Å²) in [6.07, 6.45) is 4.18. The highest BCUT2D eigenvalue weighted by atomic mass is 15.3. The van der Waals surface area contributed by atoms with Crippen LogP contribution in [0, 0.1) is 6.92 Å². The third-order valence-corrected chi connectivity index (χ3v) is 2.95. The quantitative estimate of drug-likeness (QED) is 0.783. The topological polar surface area (TPSA) is 41.1 Å². The van der Waals surface area contributed by atoms with Crippen LogP contribution in [0.15, 0.2) is 12.3 Å². The molecular weight excluding hydrogens is 188 g/mol. The molecule has 0 aliphatic carbocycles. The summed E-state index contributed by atoms with van der Waals surface area (Å²) in [6, 6.07) is 2.51. The molecule has 0 bridgehead atoms. The zero-order valence-corrected chi connectivity index (χ0v) is 9.40. The lowest BCUT2D eigenvalue weighted by Crippen LogP contribution is -2.41. The Labute approximate surface area is 90.7 Å². The molecule has 0 atom stereocenters. The first-order valence-electron chi connectivity index (χ1n) is 5.50. The normalized spacial score (nSPS) is 17.7. The van der Waals surface area contributed by atoms with E-state index in [1.807, 2.05) is 19.2 Å². The summed E-state index contributed by atoms with van der Waals surface area (Å²) in [7, 11) is 2.09. The van der Waals surface area contributed by atoms with Gasteiger partial charge < -0.3 is 10.2 Å². The number of aromatic nitrogens is 2. The standard InChI is InChI=1S/C11H18N4/c1-9-3-8-13-11(14-9)15(2)10-4-6-12-7-5-10/h3,8,10,12H,4-7H2,1-2H3. The minimum absolute atomic E-state index is 0.577. The fraction of sp³-hybridized carbons (Fsp3) is 0.636. The SMILES string of the molecule is Cc1ccnc(N(C)C2CCNCC2)n1. The molecule has 1 aliphatic heterocycles. The van der Waals surface area contributed by atoms with Crippen molar-refractivity contribution in [2.75, 3.05) is 25.0 Å². The Balaban J connectivity index is 2.08. The molecule has 1 aliphatic rings. The number of hydrogen-bond acceptors (Lipinski definition) is 4. The van der Waals surface area contributed by atoms with E-state index >= 15 is 0 Å². The van der Waals surface area contributed by atoms with E-state index < -0.39 is 0 Å². The number of piperidine rings is 1. The van der Waals surface area contributed by atoms with Gasteiger partial charge in [0.2, 0.25) is 5.95 Å². The van der Waals surface area contributed by atoms with Gasteiger partial charge in [0.1, 0.15) is 0 Å². The van der Waals surface area contributed by atoms with E-state index in [1.54, 1.807) is 0 Å². The average molecular weight is 206 g/mol. The Morgan fingerprint density at radius 1 is 1.40 bits per heavy atom.